The number of hydrogen-bond donors (Lipinski definition) is 2. The van der Waals surface area contributed by atoms with Crippen LogP contribution in [0.15, 0.2) is 120 Å². The average molecular weight is 743 g/mol. The fraction of sp³-hybridized carbons (Fsp3) is 0.244. The van der Waals surface area contributed by atoms with Gasteiger partial charge in [0.05, 0.1) is 5.69 Å². The number of nitrogen functional groups attached to an aromatic ring is 1. The van der Waals surface area contributed by atoms with Gasteiger partial charge in [-0.15, -0.1) is 0 Å². The quantitative estimate of drug-likeness (QED) is 0.125. The Morgan fingerprint density at radius 3 is 1.04 bits per heavy atom. The molecular formula is C45H54N6O2S. The lowest BCUT2D eigenvalue weighted by molar-refractivity contribution is 0.598. The maximum atomic E-state index is 13.0. The maximum Gasteiger partial charge on any atom is 0.240 e. The summed E-state index contributed by atoms with van der Waals surface area (Å²) in [6, 6.07) is 35.7. The molecule has 0 bridgehead atoms. The molecular weight excluding hydrogens is 689 g/mol. The molecule has 0 aliphatic rings. The highest BCUT2D eigenvalue weighted by Gasteiger charge is 2.23. The van der Waals surface area contributed by atoms with E-state index in [4.69, 9.17) is 10.9 Å². The highest BCUT2D eigenvalue weighted by molar-refractivity contribution is 7.89. The molecule has 0 unspecified atom stereocenters. The Morgan fingerprint density at radius 2 is 0.796 bits per heavy atom. The highest BCUT2D eigenvalue weighted by atomic mass is 32.2. The lowest BCUT2D eigenvalue weighted by atomic mass is 9.84. The van der Waals surface area contributed by atoms with Crippen molar-refractivity contribution in [2.24, 2.45) is 5.14 Å². The van der Waals surface area contributed by atoms with Crippen LogP contribution in [0.2, 0.25) is 0 Å². The molecule has 0 saturated carbocycles. The summed E-state index contributed by atoms with van der Waals surface area (Å²) in [7, 11) is 12.1. The summed E-state index contributed by atoms with van der Waals surface area (Å²) >= 11 is 0. The number of nitrogens with two attached hydrogens (primary N) is 2. The van der Waals surface area contributed by atoms with Gasteiger partial charge < -0.3 is 25.3 Å². The van der Waals surface area contributed by atoms with Crippen molar-refractivity contribution in [1.29, 1.82) is 0 Å². The Hall–Kier alpha value is -5.51. The van der Waals surface area contributed by atoms with Gasteiger partial charge in [-0.2, -0.15) is 0 Å². The monoisotopic (exact) mass is 742 g/mol. The second-order valence-electron chi connectivity index (χ2n) is 14.6. The number of rotatable bonds is 12. The van der Waals surface area contributed by atoms with Gasteiger partial charge in [0.15, 0.2) is 0 Å². The van der Waals surface area contributed by atoms with Crippen molar-refractivity contribution in [3.8, 4) is 0 Å². The summed E-state index contributed by atoms with van der Waals surface area (Å²) in [4.78, 5) is 8.24. The summed E-state index contributed by atoms with van der Waals surface area (Å²) < 4.78 is 26.0. The first kappa shape index (κ1) is 39.7. The van der Waals surface area contributed by atoms with Crippen molar-refractivity contribution in [1.82, 2.24) is 0 Å². The predicted molar refractivity (Wildman–Crippen MR) is 232 cm³/mol. The minimum Gasteiger partial charge on any atom is -0.397 e. The van der Waals surface area contributed by atoms with E-state index in [1.165, 1.54) is 0 Å². The minimum absolute atomic E-state index is 0.0770. The Morgan fingerprint density at radius 1 is 0.519 bits per heavy atom. The summed E-state index contributed by atoms with van der Waals surface area (Å²) in [6.45, 7) is 3.85. The van der Waals surface area contributed by atoms with Crippen LogP contribution >= 0.6 is 0 Å². The van der Waals surface area contributed by atoms with E-state index in [-0.39, 0.29) is 10.6 Å². The second-order valence-corrected chi connectivity index (χ2v) is 16.2. The zero-order valence-corrected chi connectivity index (χ0v) is 34.0. The third kappa shape index (κ3) is 8.81. The largest absolute Gasteiger partial charge is 0.397 e. The smallest absolute Gasteiger partial charge is 0.240 e. The lowest BCUT2D eigenvalue weighted by Crippen LogP contribution is -2.17. The zero-order valence-electron chi connectivity index (χ0n) is 33.2. The van der Waals surface area contributed by atoms with Crippen molar-refractivity contribution >= 4 is 49.6 Å². The summed E-state index contributed by atoms with van der Waals surface area (Å²) in [5.41, 5.74) is 19.5. The van der Waals surface area contributed by atoms with Gasteiger partial charge in [0, 0.05) is 85.0 Å². The van der Waals surface area contributed by atoms with Gasteiger partial charge in [-0.1, -0.05) is 60.7 Å². The number of hydrogen-bond acceptors (Lipinski definition) is 7. The lowest BCUT2D eigenvalue weighted by Gasteiger charge is -2.23. The fourth-order valence-electron chi connectivity index (χ4n) is 6.57. The number of primary sulfonamides is 1. The van der Waals surface area contributed by atoms with E-state index in [1.807, 2.05) is 70.2 Å². The number of benzene rings is 5. The van der Waals surface area contributed by atoms with E-state index in [0.29, 0.717) is 5.56 Å². The first-order valence-corrected chi connectivity index (χ1v) is 19.5. The van der Waals surface area contributed by atoms with Crippen molar-refractivity contribution in [3.63, 3.8) is 0 Å². The topological polar surface area (TPSA) is 99.1 Å². The van der Waals surface area contributed by atoms with Crippen LogP contribution in [0.3, 0.4) is 0 Å². The van der Waals surface area contributed by atoms with E-state index in [9.17, 15) is 8.42 Å². The molecule has 0 aliphatic heterocycles. The molecule has 0 aromatic heterocycles. The van der Waals surface area contributed by atoms with Crippen molar-refractivity contribution < 1.29 is 8.42 Å². The van der Waals surface area contributed by atoms with Gasteiger partial charge in [-0.25, -0.2) is 13.6 Å². The van der Waals surface area contributed by atoms with Crippen LogP contribution in [0, 0.1) is 13.8 Å². The Balaban J connectivity index is 1.89. The Bertz CT molecular complexity index is 2030. The first-order chi connectivity index (χ1) is 25.5. The normalized spacial score (nSPS) is 11.3. The Kier molecular flexibility index (Phi) is 11.9. The van der Waals surface area contributed by atoms with E-state index in [2.05, 4.69) is 129 Å². The number of allylic oxidation sites excluding steroid dienone is 2. The minimum atomic E-state index is -4.13. The van der Waals surface area contributed by atoms with E-state index < -0.39 is 15.9 Å². The van der Waals surface area contributed by atoms with Crippen LogP contribution in [-0.4, -0.2) is 64.8 Å². The van der Waals surface area contributed by atoms with Crippen LogP contribution in [0.5, 0.6) is 0 Å². The molecule has 282 valence electrons. The van der Waals surface area contributed by atoms with Crippen LogP contribution < -0.4 is 30.5 Å². The molecule has 0 radical (unpaired) electrons. The van der Waals surface area contributed by atoms with Gasteiger partial charge in [0.2, 0.25) is 10.0 Å². The van der Waals surface area contributed by atoms with Gasteiger partial charge in [0.25, 0.3) is 0 Å². The van der Waals surface area contributed by atoms with Crippen molar-refractivity contribution in [2.75, 3.05) is 81.7 Å². The van der Waals surface area contributed by atoms with Crippen LogP contribution in [0.4, 0.5) is 28.4 Å². The SMILES string of the molecule is Cc1c(C(C=C(c2ccc(N(C)C)cc2)c2ccc(N(C)C)cc2)C=C(c2ccc(N(C)C)cc2)c2ccc(N(C)C)cc2)cc(S(N)(=O)=O)c(N)c1C. The number of nitrogens with zero attached hydrogens (tertiary/aromatic N) is 4. The van der Waals surface area contributed by atoms with Crippen molar-refractivity contribution in [2.45, 2.75) is 24.7 Å². The summed E-state index contributed by atoms with van der Waals surface area (Å²) in [6.07, 6.45) is 4.48. The van der Waals surface area contributed by atoms with E-state index >= 15 is 0 Å². The molecule has 5 rings (SSSR count). The molecule has 5 aromatic rings. The molecule has 0 spiro atoms. The van der Waals surface area contributed by atoms with Gasteiger partial charge in [-0.05, 0) is 119 Å². The van der Waals surface area contributed by atoms with E-state index in [1.54, 1.807) is 6.07 Å². The first-order valence-electron chi connectivity index (χ1n) is 17.9. The molecule has 4 N–H and O–H groups in total. The molecule has 0 atom stereocenters. The molecule has 54 heavy (non-hydrogen) atoms. The molecule has 5 aromatic carbocycles. The zero-order chi connectivity index (χ0) is 39.5. The van der Waals surface area contributed by atoms with Gasteiger partial charge in [0.1, 0.15) is 4.90 Å². The van der Waals surface area contributed by atoms with Crippen LogP contribution in [0.25, 0.3) is 11.1 Å². The standard InChI is InChI=1S/C45H54N6O2S/c1-30-31(2)45(46)44(54(47,52)53)29-41(30)36(27-42(32-11-19-37(20-12-32)48(3)4)33-13-21-38(22-14-33)49(5)6)28-43(34-15-23-39(24-16-34)50(7)8)35-17-25-40(26-18-35)51(9)10/h11-29,36H,46H2,1-10H3,(H2,47,52,53). The summed E-state index contributed by atoms with van der Waals surface area (Å²) in [5, 5.41) is 5.81. The highest BCUT2D eigenvalue weighted by Crippen LogP contribution is 2.39. The average Bonchev–Trinajstić information content (AvgIpc) is 3.14. The maximum absolute atomic E-state index is 13.0. The number of anilines is 5. The van der Waals surface area contributed by atoms with E-state index in [0.717, 1.165) is 67.3 Å². The predicted octanol–water partition coefficient (Wildman–Crippen LogP) is 8.14. The van der Waals surface area contributed by atoms with Crippen LogP contribution in [-0.2, 0) is 10.0 Å². The molecule has 0 saturated heterocycles. The number of sulfonamides is 1. The molecule has 0 heterocycles. The van der Waals surface area contributed by atoms with Crippen molar-refractivity contribution in [3.05, 3.63) is 154 Å². The van der Waals surface area contributed by atoms with Gasteiger partial charge in [-0.3, -0.25) is 0 Å². The molecule has 0 fully saturated rings. The molecule has 0 amide bonds. The summed E-state index contributed by atoms with van der Waals surface area (Å²) in [5.74, 6) is -0.418. The van der Waals surface area contributed by atoms with Crippen LogP contribution in [0.1, 0.15) is 44.9 Å². The molecule has 8 nitrogen and oxygen atoms in total. The fourth-order valence-corrected chi connectivity index (χ4v) is 7.32. The second kappa shape index (κ2) is 16.2. The van der Waals surface area contributed by atoms with Gasteiger partial charge >= 0.3 is 0 Å². The third-order valence-electron chi connectivity index (χ3n) is 10.1. The molecule has 0 aliphatic carbocycles. The molecule has 9 heteroatoms. The third-order valence-corrected chi connectivity index (χ3v) is 11.0. The Labute approximate surface area is 322 Å².